The molecule has 0 bridgehead atoms. The summed E-state index contributed by atoms with van der Waals surface area (Å²) in [5.41, 5.74) is 0.196. The normalized spacial score (nSPS) is 15.0. The van der Waals surface area contributed by atoms with E-state index in [-0.39, 0.29) is 24.3 Å². The van der Waals surface area contributed by atoms with Gasteiger partial charge in [-0.2, -0.15) is 0 Å². The van der Waals surface area contributed by atoms with Crippen molar-refractivity contribution in [1.29, 1.82) is 0 Å². The number of nitrogens with one attached hydrogen (secondary N) is 1. The topological polar surface area (TPSA) is 105 Å². The summed E-state index contributed by atoms with van der Waals surface area (Å²) >= 11 is 0. The van der Waals surface area contributed by atoms with E-state index in [1.807, 2.05) is 26.0 Å². The molecule has 1 aliphatic rings. The molecule has 2 amide bonds. The van der Waals surface area contributed by atoms with Gasteiger partial charge in [-0.05, 0) is 43.9 Å². The lowest BCUT2D eigenvalue weighted by Crippen LogP contribution is -2.46. The molecule has 2 aromatic rings. The van der Waals surface area contributed by atoms with E-state index in [0.717, 1.165) is 5.56 Å². The van der Waals surface area contributed by atoms with Crippen LogP contribution < -0.4 is 10.1 Å². The van der Waals surface area contributed by atoms with Crippen LogP contribution in [0.2, 0.25) is 0 Å². The molecular weight excluding hydrogens is 408 g/mol. The highest BCUT2D eigenvalue weighted by Gasteiger charge is 2.35. The first-order chi connectivity index (χ1) is 15.1. The van der Waals surface area contributed by atoms with Crippen LogP contribution in [-0.2, 0) is 16.0 Å². The van der Waals surface area contributed by atoms with Crippen LogP contribution in [0.25, 0.3) is 0 Å². The summed E-state index contributed by atoms with van der Waals surface area (Å²) in [7, 11) is 0. The predicted molar refractivity (Wildman–Crippen MR) is 121 cm³/mol. The molecule has 2 N–H and O–H groups in total. The van der Waals surface area contributed by atoms with Crippen molar-refractivity contribution in [1.82, 2.24) is 14.9 Å². The Balaban J connectivity index is 1.67. The average Bonchev–Trinajstić information content (AvgIpc) is 3.07. The van der Waals surface area contributed by atoms with Crippen molar-refractivity contribution in [2.45, 2.75) is 52.2 Å². The standard InChI is InChI=1S/C24H30N4O4/c1-16(2)11-20(23(30)27-21-14-25-9-10-26-21)28-15-19(12-22(28)29)32-18-7-5-17(6-8-18)13-24(3,4)31/h5-10,12,14,16,20,31H,11,13,15H2,1-4H3,(H,26,27,30). The maximum Gasteiger partial charge on any atom is 0.251 e. The van der Waals surface area contributed by atoms with Crippen molar-refractivity contribution in [3.63, 3.8) is 0 Å². The lowest BCUT2D eigenvalue weighted by molar-refractivity contribution is -0.133. The van der Waals surface area contributed by atoms with E-state index < -0.39 is 11.6 Å². The van der Waals surface area contributed by atoms with Crippen molar-refractivity contribution >= 4 is 17.6 Å². The Morgan fingerprint density at radius 2 is 1.97 bits per heavy atom. The summed E-state index contributed by atoms with van der Waals surface area (Å²) in [5, 5.41) is 12.7. The summed E-state index contributed by atoms with van der Waals surface area (Å²) < 4.78 is 5.90. The Kier molecular flexibility index (Phi) is 7.25. The molecule has 0 radical (unpaired) electrons. The van der Waals surface area contributed by atoms with Crippen molar-refractivity contribution in [3.05, 3.63) is 60.3 Å². The third kappa shape index (κ3) is 6.62. The maximum absolute atomic E-state index is 12.9. The number of aromatic nitrogens is 2. The van der Waals surface area contributed by atoms with Crippen molar-refractivity contribution in [2.24, 2.45) is 5.92 Å². The number of nitrogens with zero attached hydrogens (tertiary/aromatic N) is 3. The number of amides is 2. The number of hydrogen-bond donors (Lipinski definition) is 2. The lowest BCUT2D eigenvalue weighted by Gasteiger charge is -2.28. The number of hydrogen-bond acceptors (Lipinski definition) is 6. The first-order valence-corrected chi connectivity index (χ1v) is 10.7. The second kappa shape index (κ2) is 9.91. The molecular formula is C24H30N4O4. The second-order valence-corrected chi connectivity index (χ2v) is 9.04. The van der Waals surface area contributed by atoms with E-state index >= 15 is 0 Å². The van der Waals surface area contributed by atoms with Gasteiger partial charge in [-0.1, -0.05) is 26.0 Å². The summed E-state index contributed by atoms with van der Waals surface area (Å²) in [5.74, 6) is 1.04. The van der Waals surface area contributed by atoms with Crippen molar-refractivity contribution in [3.8, 4) is 5.75 Å². The highest BCUT2D eigenvalue weighted by Crippen LogP contribution is 2.24. The number of anilines is 1. The molecule has 32 heavy (non-hydrogen) atoms. The van der Waals surface area contributed by atoms with Crippen LogP contribution in [0.5, 0.6) is 5.75 Å². The molecule has 1 unspecified atom stereocenters. The Hall–Kier alpha value is -3.26. The second-order valence-electron chi connectivity index (χ2n) is 9.04. The van der Waals surface area contributed by atoms with Crippen LogP contribution in [0, 0.1) is 5.92 Å². The van der Waals surface area contributed by atoms with Gasteiger partial charge in [0, 0.05) is 24.9 Å². The molecule has 0 fully saturated rings. The first-order valence-electron chi connectivity index (χ1n) is 10.7. The van der Waals surface area contributed by atoms with E-state index in [2.05, 4.69) is 15.3 Å². The molecule has 1 aromatic carbocycles. The third-order valence-corrected chi connectivity index (χ3v) is 4.89. The minimum absolute atomic E-state index is 0.202. The molecule has 0 aliphatic carbocycles. The van der Waals surface area contributed by atoms with Crippen LogP contribution in [0.4, 0.5) is 5.82 Å². The third-order valence-electron chi connectivity index (χ3n) is 4.89. The Bertz CT molecular complexity index is 966. The quantitative estimate of drug-likeness (QED) is 0.624. The molecule has 0 spiro atoms. The minimum atomic E-state index is -0.791. The first kappa shape index (κ1) is 23.4. The Morgan fingerprint density at radius 1 is 1.25 bits per heavy atom. The molecule has 1 aromatic heterocycles. The monoisotopic (exact) mass is 438 g/mol. The predicted octanol–water partition coefficient (Wildman–Crippen LogP) is 2.95. The van der Waals surface area contributed by atoms with Gasteiger partial charge in [-0.15, -0.1) is 0 Å². The van der Waals surface area contributed by atoms with Gasteiger partial charge >= 0.3 is 0 Å². The van der Waals surface area contributed by atoms with Gasteiger partial charge in [0.1, 0.15) is 17.6 Å². The summed E-state index contributed by atoms with van der Waals surface area (Å²) in [4.78, 5) is 35.2. The number of aliphatic hydroxyl groups is 1. The summed E-state index contributed by atoms with van der Waals surface area (Å²) in [6.45, 7) is 7.73. The zero-order valence-electron chi connectivity index (χ0n) is 18.9. The van der Waals surface area contributed by atoms with Gasteiger partial charge in [0.25, 0.3) is 5.91 Å². The Labute approximate surface area is 188 Å². The molecule has 3 rings (SSSR count). The van der Waals surface area contributed by atoms with Gasteiger partial charge in [0.2, 0.25) is 5.91 Å². The Morgan fingerprint density at radius 3 is 2.56 bits per heavy atom. The molecule has 170 valence electrons. The van der Waals surface area contributed by atoms with E-state index in [1.54, 1.807) is 26.0 Å². The van der Waals surface area contributed by atoms with Gasteiger partial charge in [0.05, 0.1) is 18.3 Å². The molecule has 1 aliphatic heterocycles. The lowest BCUT2D eigenvalue weighted by atomic mass is 9.99. The molecule has 8 nitrogen and oxygen atoms in total. The van der Waals surface area contributed by atoms with Crippen LogP contribution in [-0.4, -0.2) is 50.0 Å². The fourth-order valence-electron chi connectivity index (χ4n) is 3.56. The smallest absolute Gasteiger partial charge is 0.251 e. The highest BCUT2D eigenvalue weighted by molar-refractivity contribution is 5.99. The van der Waals surface area contributed by atoms with Gasteiger partial charge in [0.15, 0.2) is 5.82 Å². The number of rotatable bonds is 9. The fraction of sp³-hybridized carbons (Fsp3) is 0.417. The molecule has 8 heteroatoms. The largest absolute Gasteiger partial charge is 0.460 e. The van der Waals surface area contributed by atoms with E-state index in [9.17, 15) is 14.7 Å². The van der Waals surface area contributed by atoms with Crippen LogP contribution in [0.15, 0.2) is 54.7 Å². The zero-order valence-corrected chi connectivity index (χ0v) is 18.9. The summed E-state index contributed by atoms with van der Waals surface area (Å²) in [6, 6.07) is 6.73. The molecule has 1 atom stereocenters. The molecule has 0 saturated heterocycles. The number of carbonyl (C=O) groups excluding carboxylic acids is 2. The zero-order chi connectivity index (χ0) is 23.3. The molecule has 0 saturated carbocycles. The molecule has 2 heterocycles. The number of carbonyl (C=O) groups is 2. The van der Waals surface area contributed by atoms with Gasteiger partial charge < -0.3 is 20.1 Å². The van der Waals surface area contributed by atoms with Gasteiger partial charge in [-0.25, -0.2) is 4.98 Å². The highest BCUT2D eigenvalue weighted by atomic mass is 16.5. The van der Waals surface area contributed by atoms with Crippen LogP contribution >= 0.6 is 0 Å². The van der Waals surface area contributed by atoms with E-state index in [4.69, 9.17) is 4.74 Å². The van der Waals surface area contributed by atoms with Crippen LogP contribution in [0.3, 0.4) is 0 Å². The minimum Gasteiger partial charge on any atom is -0.460 e. The number of ether oxygens (including phenoxy) is 1. The van der Waals surface area contributed by atoms with Crippen molar-refractivity contribution < 1.29 is 19.4 Å². The van der Waals surface area contributed by atoms with Gasteiger partial charge in [-0.3, -0.25) is 14.6 Å². The van der Waals surface area contributed by atoms with E-state index in [1.165, 1.54) is 29.6 Å². The number of benzene rings is 1. The summed E-state index contributed by atoms with van der Waals surface area (Å²) in [6.07, 6.45) is 6.94. The van der Waals surface area contributed by atoms with E-state index in [0.29, 0.717) is 30.2 Å². The van der Waals surface area contributed by atoms with Crippen molar-refractivity contribution in [2.75, 3.05) is 11.9 Å². The maximum atomic E-state index is 12.9. The fourth-order valence-corrected chi connectivity index (χ4v) is 3.56. The average molecular weight is 439 g/mol. The van der Waals surface area contributed by atoms with Crippen LogP contribution in [0.1, 0.15) is 39.7 Å². The SMILES string of the molecule is CC(C)CC(C(=O)Nc1cnccn1)N1CC(Oc2ccc(CC(C)(C)O)cc2)=CC1=O.